The van der Waals surface area contributed by atoms with Gasteiger partial charge in [0.25, 0.3) is 0 Å². The van der Waals surface area contributed by atoms with Gasteiger partial charge in [0, 0.05) is 55.6 Å². The van der Waals surface area contributed by atoms with Gasteiger partial charge in [-0.2, -0.15) is 5.10 Å². The van der Waals surface area contributed by atoms with Gasteiger partial charge in [-0.25, -0.2) is 4.98 Å². The molecule has 0 amide bonds. The van der Waals surface area contributed by atoms with E-state index in [0.29, 0.717) is 32.2 Å². The molecule has 0 fully saturated rings. The minimum absolute atomic E-state index is 0.643. The Morgan fingerprint density at radius 1 is 1.11 bits per heavy atom. The third-order valence-electron chi connectivity index (χ3n) is 4.60. The Morgan fingerprint density at radius 2 is 1.93 bits per heavy atom. The Morgan fingerprint density at radius 3 is 2.79 bits per heavy atom. The summed E-state index contributed by atoms with van der Waals surface area (Å²) in [6.07, 6.45) is 4.65. The summed E-state index contributed by atoms with van der Waals surface area (Å²) in [4.78, 5) is 4.24. The number of hydrogen-bond donors (Lipinski definition) is 1. The molecule has 1 aliphatic rings. The van der Waals surface area contributed by atoms with E-state index in [-0.39, 0.29) is 0 Å². The molecule has 0 atom stereocenters. The molecule has 0 radical (unpaired) electrons. The highest BCUT2D eigenvalue weighted by Crippen LogP contribution is 2.34. The van der Waals surface area contributed by atoms with Crippen LogP contribution in [0.4, 0.5) is 0 Å². The van der Waals surface area contributed by atoms with Crippen molar-refractivity contribution in [1.82, 2.24) is 20.1 Å². The standard InChI is InChI=1S/C21H24N4O3/c1-25-14-17(13-22-12-16-5-3-8-23-21(16)26-2)20(24-25)15-6-7-18-19(11-15)28-10-4-9-27-18/h3,5-8,11,14,22H,4,9-10,12-13H2,1-2H3. The Balaban J connectivity index is 1.52. The van der Waals surface area contributed by atoms with Gasteiger partial charge < -0.3 is 19.5 Å². The summed E-state index contributed by atoms with van der Waals surface area (Å²) in [5, 5.41) is 8.12. The second-order valence-electron chi connectivity index (χ2n) is 6.66. The second kappa shape index (κ2) is 8.31. The molecule has 1 N–H and O–H groups in total. The average molecular weight is 380 g/mol. The van der Waals surface area contributed by atoms with E-state index in [4.69, 9.17) is 14.2 Å². The first-order valence-electron chi connectivity index (χ1n) is 9.36. The van der Waals surface area contributed by atoms with Crippen LogP contribution in [0.2, 0.25) is 0 Å². The molecule has 4 rings (SSSR count). The van der Waals surface area contributed by atoms with Gasteiger partial charge in [0.1, 0.15) is 0 Å². The molecule has 0 aliphatic carbocycles. The van der Waals surface area contributed by atoms with Crippen molar-refractivity contribution in [1.29, 1.82) is 0 Å². The predicted molar refractivity (Wildman–Crippen MR) is 106 cm³/mol. The van der Waals surface area contributed by atoms with Crippen molar-refractivity contribution in [2.24, 2.45) is 7.05 Å². The molecule has 2 aromatic heterocycles. The molecule has 1 aliphatic heterocycles. The lowest BCUT2D eigenvalue weighted by atomic mass is 10.1. The molecule has 7 nitrogen and oxygen atoms in total. The maximum Gasteiger partial charge on any atom is 0.217 e. The number of nitrogens with zero attached hydrogens (tertiary/aromatic N) is 3. The summed E-state index contributed by atoms with van der Waals surface area (Å²) in [6.45, 7) is 2.69. The van der Waals surface area contributed by atoms with Gasteiger partial charge in [-0.1, -0.05) is 6.07 Å². The van der Waals surface area contributed by atoms with Crippen LogP contribution in [-0.2, 0) is 20.1 Å². The SMILES string of the molecule is COc1ncccc1CNCc1cn(C)nc1-c1ccc2c(c1)OCCCO2. The van der Waals surface area contributed by atoms with Crippen molar-refractivity contribution in [2.45, 2.75) is 19.5 Å². The number of rotatable bonds is 6. The Kier molecular flexibility index (Phi) is 5.43. The topological polar surface area (TPSA) is 70.4 Å². The fraction of sp³-hybridized carbons (Fsp3) is 0.333. The zero-order chi connectivity index (χ0) is 19.3. The van der Waals surface area contributed by atoms with Crippen LogP contribution in [0.5, 0.6) is 17.4 Å². The fourth-order valence-corrected chi connectivity index (χ4v) is 3.29. The summed E-state index contributed by atoms with van der Waals surface area (Å²) < 4.78 is 18.7. The quantitative estimate of drug-likeness (QED) is 0.709. The average Bonchev–Trinajstić information content (AvgIpc) is 2.93. The maximum absolute atomic E-state index is 5.83. The van der Waals surface area contributed by atoms with Crippen LogP contribution in [0.25, 0.3) is 11.3 Å². The van der Waals surface area contributed by atoms with E-state index in [0.717, 1.165) is 40.3 Å². The van der Waals surface area contributed by atoms with E-state index in [2.05, 4.69) is 15.4 Å². The number of aromatic nitrogens is 3. The number of hydrogen-bond acceptors (Lipinski definition) is 6. The van der Waals surface area contributed by atoms with Gasteiger partial charge in [-0.15, -0.1) is 0 Å². The fourth-order valence-electron chi connectivity index (χ4n) is 3.29. The van der Waals surface area contributed by atoms with Crippen LogP contribution in [0.3, 0.4) is 0 Å². The van der Waals surface area contributed by atoms with Crippen molar-refractivity contribution in [3.05, 3.63) is 53.9 Å². The second-order valence-corrected chi connectivity index (χ2v) is 6.66. The summed E-state index contributed by atoms with van der Waals surface area (Å²) in [5.41, 5.74) is 4.08. The Bertz CT molecular complexity index is 955. The molecule has 3 heterocycles. The molecule has 0 bridgehead atoms. The summed E-state index contributed by atoms with van der Waals surface area (Å²) in [5.74, 6) is 2.21. The van der Waals surface area contributed by atoms with Crippen LogP contribution in [0.15, 0.2) is 42.7 Å². The van der Waals surface area contributed by atoms with Gasteiger partial charge in [0.15, 0.2) is 11.5 Å². The molecule has 0 saturated carbocycles. The number of benzene rings is 1. The van der Waals surface area contributed by atoms with Crippen LogP contribution in [-0.4, -0.2) is 35.1 Å². The van der Waals surface area contributed by atoms with Crippen molar-refractivity contribution < 1.29 is 14.2 Å². The van der Waals surface area contributed by atoms with Crippen molar-refractivity contribution >= 4 is 0 Å². The van der Waals surface area contributed by atoms with Crippen LogP contribution in [0, 0.1) is 0 Å². The lowest BCUT2D eigenvalue weighted by Gasteiger charge is -2.10. The Hall–Kier alpha value is -3.06. The largest absolute Gasteiger partial charge is 0.490 e. The summed E-state index contributed by atoms with van der Waals surface area (Å²) in [7, 11) is 3.56. The zero-order valence-corrected chi connectivity index (χ0v) is 16.1. The van der Waals surface area contributed by atoms with Crippen LogP contribution >= 0.6 is 0 Å². The number of aryl methyl sites for hydroxylation is 1. The number of fused-ring (bicyclic) bond motifs is 1. The van der Waals surface area contributed by atoms with Gasteiger partial charge in [0.05, 0.1) is 26.0 Å². The van der Waals surface area contributed by atoms with E-state index in [9.17, 15) is 0 Å². The molecule has 146 valence electrons. The monoisotopic (exact) mass is 380 g/mol. The molecule has 28 heavy (non-hydrogen) atoms. The minimum atomic E-state index is 0.643. The highest BCUT2D eigenvalue weighted by molar-refractivity contribution is 5.66. The molecule has 0 spiro atoms. The van der Waals surface area contributed by atoms with Gasteiger partial charge >= 0.3 is 0 Å². The lowest BCUT2D eigenvalue weighted by Crippen LogP contribution is -2.14. The number of nitrogens with one attached hydrogen (secondary N) is 1. The smallest absolute Gasteiger partial charge is 0.217 e. The number of pyridine rings is 1. The highest BCUT2D eigenvalue weighted by Gasteiger charge is 2.15. The third kappa shape index (κ3) is 3.94. The molecule has 3 aromatic rings. The van der Waals surface area contributed by atoms with Crippen molar-refractivity contribution in [3.8, 4) is 28.6 Å². The van der Waals surface area contributed by atoms with E-state index in [1.165, 1.54) is 0 Å². The number of methoxy groups -OCH3 is 1. The van der Waals surface area contributed by atoms with Crippen molar-refractivity contribution in [3.63, 3.8) is 0 Å². The van der Waals surface area contributed by atoms with Crippen LogP contribution in [0.1, 0.15) is 17.5 Å². The molecule has 0 saturated heterocycles. The first-order valence-corrected chi connectivity index (χ1v) is 9.36. The molecule has 1 aromatic carbocycles. The van der Waals surface area contributed by atoms with Gasteiger partial charge in [-0.3, -0.25) is 4.68 Å². The van der Waals surface area contributed by atoms with E-state index >= 15 is 0 Å². The molecular weight excluding hydrogens is 356 g/mol. The maximum atomic E-state index is 5.83. The highest BCUT2D eigenvalue weighted by atomic mass is 16.5. The summed E-state index contributed by atoms with van der Waals surface area (Å²) in [6, 6.07) is 9.92. The lowest BCUT2D eigenvalue weighted by molar-refractivity contribution is 0.297. The molecule has 0 unspecified atom stereocenters. The van der Waals surface area contributed by atoms with E-state index in [1.807, 2.05) is 48.3 Å². The van der Waals surface area contributed by atoms with E-state index in [1.54, 1.807) is 13.3 Å². The minimum Gasteiger partial charge on any atom is -0.490 e. The van der Waals surface area contributed by atoms with Crippen molar-refractivity contribution in [2.75, 3.05) is 20.3 Å². The first-order chi connectivity index (χ1) is 13.7. The van der Waals surface area contributed by atoms with E-state index < -0.39 is 0 Å². The van der Waals surface area contributed by atoms with Gasteiger partial charge in [-0.05, 0) is 24.3 Å². The molecular formula is C21H24N4O3. The zero-order valence-electron chi connectivity index (χ0n) is 16.1. The summed E-state index contributed by atoms with van der Waals surface area (Å²) >= 11 is 0. The normalized spacial score (nSPS) is 13.2. The molecule has 7 heteroatoms. The third-order valence-corrected chi connectivity index (χ3v) is 4.60. The number of ether oxygens (including phenoxy) is 3. The first kappa shape index (κ1) is 18.3. The van der Waals surface area contributed by atoms with Crippen LogP contribution < -0.4 is 19.5 Å². The Labute approximate surface area is 164 Å². The van der Waals surface area contributed by atoms with Gasteiger partial charge in [0.2, 0.25) is 5.88 Å². The predicted octanol–water partition coefficient (Wildman–Crippen LogP) is 2.94.